The monoisotopic (exact) mass is 341 g/mol. The van der Waals surface area contributed by atoms with Gasteiger partial charge in [0, 0.05) is 6.04 Å². The number of methoxy groups -OCH3 is 1. The van der Waals surface area contributed by atoms with E-state index in [0.717, 1.165) is 28.1 Å². The molecule has 0 aliphatic carbocycles. The zero-order chi connectivity index (χ0) is 15.1. The van der Waals surface area contributed by atoms with Gasteiger partial charge in [0.15, 0.2) is 11.5 Å². The van der Waals surface area contributed by atoms with E-state index in [1.807, 2.05) is 13.0 Å². The molecule has 1 atom stereocenters. The first-order valence-corrected chi connectivity index (χ1v) is 7.74. The van der Waals surface area contributed by atoms with Gasteiger partial charge in [0.1, 0.15) is 0 Å². The quantitative estimate of drug-likeness (QED) is 0.803. The molecule has 1 unspecified atom stereocenters. The first-order valence-electron chi connectivity index (χ1n) is 6.95. The van der Waals surface area contributed by atoms with Crippen LogP contribution >= 0.6 is 15.9 Å². The van der Waals surface area contributed by atoms with Gasteiger partial charge < -0.3 is 14.8 Å². The minimum Gasteiger partial charge on any atom is -0.493 e. The van der Waals surface area contributed by atoms with E-state index in [0.29, 0.717) is 12.6 Å². The summed E-state index contributed by atoms with van der Waals surface area (Å²) in [5.41, 5.74) is 2.38. The minimum absolute atomic E-state index is 0.358. The number of likely N-dealkylation sites (N-methyl/N-ethyl adjacent to an activating group) is 1. The Kier molecular flexibility index (Phi) is 7.10. The highest BCUT2D eigenvalue weighted by Gasteiger charge is 2.11. The molecule has 0 saturated carbocycles. The summed E-state index contributed by atoms with van der Waals surface area (Å²) in [6.45, 7) is 9.94. The normalized spacial score (nSPS) is 13.2. The van der Waals surface area contributed by atoms with Gasteiger partial charge in [-0.3, -0.25) is 0 Å². The fraction of sp³-hybridized carbons (Fsp3) is 0.500. The lowest BCUT2D eigenvalue weighted by atomic mass is 10.1. The zero-order valence-corrected chi connectivity index (χ0v) is 14.5. The van der Waals surface area contributed by atoms with Gasteiger partial charge in [0.05, 0.1) is 18.2 Å². The summed E-state index contributed by atoms with van der Waals surface area (Å²) in [5, 5.41) is 3.40. The summed E-state index contributed by atoms with van der Waals surface area (Å²) in [6.07, 6.45) is 2.16. The van der Waals surface area contributed by atoms with Crippen LogP contribution in [0.15, 0.2) is 22.2 Å². The minimum atomic E-state index is 0.358. The Labute approximate surface area is 130 Å². The molecule has 0 amide bonds. The lowest BCUT2D eigenvalue weighted by molar-refractivity contribution is 0.309. The summed E-state index contributed by atoms with van der Waals surface area (Å²) >= 11 is 3.55. The first kappa shape index (κ1) is 17.1. The third kappa shape index (κ3) is 4.53. The number of benzene rings is 1. The van der Waals surface area contributed by atoms with Crippen molar-refractivity contribution in [1.82, 2.24) is 5.32 Å². The van der Waals surface area contributed by atoms with Gasteiger partial charge in [0.25, 0.3) is 0 Å². The predicted molar refractivity (Wildman–Crippen MR) is 88.7 cm³/mol. The second-order valence-electron chi connectivity index (χ2n) is 4.63. The van der Waals surface area contributed by atoms with E-state index in [4.69, 9.17) is 9.47 Å². The number of nitrogens with one attached hydrogen (secondary N) is 1. The second kappa shape index (κ2) is 8.32. The maximum atomic E-state index is 5.60. The van der Waals surface area contributed by atoms with Gasteiger partial charge >= 0.3 is 0 Å². The van der Waals surface area contributed by atoms with Crippen LogP contribution in [-0.4, -0.2) is 26.3 Å². The van der Waals surface area contributed by atoms with Gasteiger partial charge in [-0.25, -0.2) is 0 Å². The smallest absolute Gasteiger partial charge is 0.175 e. The highest BCUT2D eigenvalue weighted by atomic mass is 79.9. The number of ether oxygens (including phenoxy) is 2. The maximum absolute atomic E-state index is 5.60. The molecule has 0 aromatic heterocycles. The van der Waals surface area contributed by atoms with Crippen molar-refractivity contribution in [3.63, 3.8) is 0 Å². The van der Waals surface area contributed by atoms with Gasteiger partial charge in [0.2, 0.25) is 0 Å². The van der Waals surface area contributed by atoms with Crippen LogP contribution in [0.4, 0.5) is 0 Å². The second-order valence-corrected chi connectivity index (χ2v) is 5.49. The van der Waals surface area contributed by atoms with Crippen molar-refractivity contribution in [1.29, 1.82) is 0 Å². The molecule has 20 heavy (non-hydrogen) atoms. The molecule has 0 fully saturated rings. The maximum Gasteiger partial charge on any atom is 0.175 e. The molecule has 1 N–H and O–H groups in total. The first-order chi connectivity index (χ1) is 9.53. The molecule has 0 saturated heterocycles. The van der Waals surface area contributed by atoms with Gasteiger partial charge in [-0.15, -0.1) is 0 Å². The van der Waals surface area contributed by atoms with Crippen molar-refractivity contribution >= 4 is 22.0 Å². The van der Waals surface area contributed by atoms with Crippen molar-refractivity contribution in [3.05, 3.63) is 27.7 Å². The summed E-state index contributed by atoms with van der Waals surface area (Å²) in [7, 11) is 1.66. The van der Waals surface area contributed by atoms with E-state index in [2.05, 4.69) is 54.2 Å². The van der Waals surface area contributed by atoms with Crippen LogP contribution in [0.3, 0.4) is 0 Å². The summed E-state index contributed by atoms with van der Waals surface area (Å²) in [6, 6.07) is 4.41. The predicted octanol–water partition coefficient (Wildman–Crippen LogP) is 4.26. The van der Waals surface area contributed by atoms with E-state index in [1.54, 1.807) is 7.11 Å². The van der Waals surface area contributed by atoms with Crippen molar-refractivity contribution in [2.24, 2.45) is 0 Å². The zero-order valence-electron chi connectivity index (χ0n) is 12.9. The fourth-order valence-electron chi connectivity index (χ4n) is 1.96. The molecule has 0 aliphatic heterocycles. The molecule has 0 spiro atoms. The Morgan fingerprint density at radius 1 is 1.40 bits per heavy atom. The van der Waals surface area contributed by atoms with E-state index >= 15 is 0 Å². The molecule has 1 aromatic rings. The molecule has 0 heterocycles. The largest absolute Gasteiger partial charge is 0.493 e. The molecular formula is C16H24BrNO2. The van der Waals surface area contributed by atoms with Gasteiger partial charge in [-0.2, -0.15) is 0 Å². The van der Waals surface area contributed by atoms with Gasteiger partial charge in [-0.05, 0) is 60.9 Å². The molecule has 4 heteroatoms. The highest BCUT2D eigenvalue weighted by Crippen LogP contribution is 2.37. The third-order valence-corrected chi connectivity index (χ3v) is 3.72. The van der Waals surface area contributed by atoms with Crippen LogP contribution in [-0.2, 0) is 0 Å². The van der Waals surface area contributed by atoms with Crippen LogP contribution < -0.4 is 14.8 Å². The number of hydrogen-bond acceptors (Lipinski definition) is 3. The SMILES string of the molecule is CCNC(C)/C(C)=C/c1cc(Br)c(OCC)c(OC)c1. The Morgan fingerprint density at radius 2 is 2.10 bits per heavy atom. The molecule has 0 aliphatic rings. The molecular weight excluding hydrogens is 318 g/mol. The Balaban J connectivity index is 3.08. The van der Waals surface area contributed by atoms with Crippen LogP contribution in [0, 0.1) is 0 Å². The van der Waals surface area contributed by atoms with Crippen LogP contribution in [0.1, 0.15) is 33.3 Å². The molecule has 1 rings (SSSR count). The summed E-state index contributed by atoms with van der Waals surface area (Å²) in [4.78, 5) is 0. The summed E-state index contributed by atoms with van der Waals surface area (Å²) < 4.78 is 11.9. The van der Waals surface area contributed by atoms with Crippen molar-refractivity contribution in [2.45, 2.75) is 33.7 Å². The standard InChI is InChI=1S/C16H24BrNO2/c1-6-18-12(4)11(3)8-13-9-14(17)16(20-7-2)15(10-13)19-5/h8-10,12,18H,6-7H2,1-5H3/b11-8+. The van der Waals surface area contributed by atoms with Crippen molar-refractivity contribution < 1.29 is 9.47 Å². The fourth-order valence-corrected chi connectivity index (χ4v) is 2.54. The lowest BCUT2D eigenvalue weighted by Crippen LogP contribution is -2.26. The number of hydrogen-bond donors (Lipinski definition) is 1. The van der Waals surface area contributed by atoms with E-state index in [1.165, 1.54) is 5.57 Å². The van der Waals surface area contributed by atoms with Crippen molar-refractivity contribution in [3.8, 4) is 11.5 Å². The van der Waals surface area contributed by atoms with E-state index < -0.39 is 0 Å². The molecule has 1 aromatic carbocycles. The molecule has 0 bridgehead atoms. The van der Waals surface area contributed by atoms with Crippen LogP contribution in [0.25, 0.3) is 6.08 Å². The Hall–Kier alpha value is -1.00. The van der Waals surface area contributed by atoms with Crippen LogP contribution in [0.2, 0.25) is 0 Å². The van der Waals surface area contributed by atoms with Crippen LogP contribution in [0.5, 0.6) is 11.5 Å². The summed E-state index contributed by atoms with van der Waals surface area (Å²) in [5.74, 6) is 1.50. The van der Waals surface area contributed by atoms with Gasteiger partial charge in [-0.1, -0.05) is 18.6 Å². The number of halogens is 1. The van der Waals surface area contributed by atoms with E-state index in [9.17, 15) is 0 Å². The Morgan fingerprint density at radius 3 is 2.65 bits per heavy atom. The third-order valence-electron chi connectivity index (χ3n) is 3.13. The van der Waals surface area contributed by atoms with Crippen molar-refractivity contribution in [2.75, 3.05) is 20.3 Å². The molecule has 3 nitrogen and oxygen atoms in total. The topological polar surface area (TPSA) is 30.5 Å². The molecule has 112 valence electrons. The molecule has 0 radical (unpaired) electrons. The number of rotatable bonds is 7. The Bertz CT molecular complexity index is 472. The van der Waals surface area contributed by atoms with E-state index in [-0.39, 0.29) is 0 Å². The average molecular weight is 342 g/mol. The lowest BCUT2D eigenvalue weighted by Gasteiger charge is -2.15. The highest BCUT2D eigenvalue weighted by molar-refractivity contribution is 9.10. The average Bonchev–Trinajstić information content (AvgIpc) is 2.41.